The van der Waals surface area contributed by atoms with Gasteiger partial charge in [-0.05, 0) is 55.4 Å². The van der Waals surface area contributed by atoms with Crippen molar-refractivity contribution >= 4 is 15.9 Å². The van der Waals surface area contributed by atoms with Crippen molar-refractivity contribution in [3.05, 3.63) is 64.4 Å². The molecule has 1 aromatic carbocycles. The fourth-order valence-corrected chi connectivity index (χ4v) is 2.56. The van der Waals surface area contributed by atoms with E-state index in [1.807, 2.05) is 36.7 Å². The highest BCUT2D eigenvalue weighted by Crippen LogP contribution is 2.19. The molecule has 0 saturated heterocycles. The minimum Gasteiger partial charge on any atom is -0.324 e. The second-order valence-electron chi connectivity index (χ2n) is 5.04. The first-order chi connectivity index (χ1) is 9.65. The number of hydrogen-bond donors (Lipinski definition) is 1. The van der Waals surface area contributed by atoms with Gasteiger partial charge in [-0.15, -0.1) is 0 Å². The molecule has 0 fully saturated rings. The van der Waals surface area contributed by atoms with E-state index in [0.29, 0.717) is 0 Å². The molecule has 2 rings (SSSR count). The second-order valence-corrected chi connectivity index (χ2v) is 5.96. The van der Waals surface area contributed by atoms with Gasteiger partial charge in [0.2, 0.25) is 0 Å². The summed E-state index contributed by atoms with van der Waals surface area (Å²) in [6.45, 7) is 1.89. The van der Waals surface area contributed by atoms with Crippen molar-refractivity contribution in [1.82, 2.24) is 9.88 Å². The number of nitrogens with zero attached hydrogens (tertiary/aromatic N) is 2. The lowest BCUT2D eigenvalue weighted by Gasteiger charge is -2.19. The van der Waals surface area contributed by atoms with Gasteiger partial charge < -0.3 is 10.6 Å². The SMILES string of the molecule is CN(CCC(N)c1cccc(Br)c1)Cc1ccncc1. The Morgan fingerprint density at radius 3 is 2.70 bits per heavy atom. The van der Waals surface area contributed by atoms with E-state index < -0.39 is 0 Å². The van der Waals surface area contributed by atoms with Gasteiger partial charge in [0.15, 0.2) is 0 Å². The average molecular weight is 334 g/mol. The summed E-state index contributed by atoms with van der Waals surface area (Å²) in [6.07, 6.45) is 4.60. The topological polar surface area (TPSA) is 42.1 Å². The van der Waals surface area contributed by atoms with Crippen molar-refractivity contribution in [2.75, 3.05) is 13.6 Å². The Hall–Kier alpha value is -1.23. The number of benzene rings is 1. The van der Waals surface area contributed by atoms with Crippen LogP contribution >= 0.6 is 15.9 Å². The summed E-state index contributed by atoms with van der Waals surface area (Å²) >= 11 is 3.48. The molecule has 0 radical (unpaired) electrons. The van der Waals surface area contributed by atoms with Crippen LogP contribution in [0.3, 0.4) is 0 Å². The van der Waals surface area contributed by atoms with Gasteiger partial charge in [0.1, 0.15) is 0 Å². The summed E-state index contributed by atoms with van der Waals surface area (Å²) < 4.78 is 1.08. The van der Waals surface area contributed by atoms with Crippen LogP contribution in [0.5, 0.6) is 0 Å². The maximum absolute atomic E-state index is 6.25. The van der Waals surface area contributed by atoms with Gasteiger partial charge >= 0.3 is 0 Å². The minimum absolute atomic E-state index is 0.0763. The third-order valence-corrected chi connectivity index (χ3v) is 3.79. The Morgan fingerprint density at radius 2 is 2.00 bits per heavy atom. The lowest BCUT2D eigenvalue weighted by molar-refractivity contribution is 0.311. The summed E-state index contributed by atoms with van der Waals surface area (Å²) in [4.78, 5) is 6.32. The van der Waals surface area contributed by atoms with Gasteiger partial charge in [0.05, 0.1) is 0 Å². The molecule has 1 aromatic heterocycles. The molecule has 0 amide bonds. The first kappa shape index (κ1) is 15.2. The third kappa shape index (κ3) is 4.71. The first-order valence-electron chi connectivity index (χ1n) is 6.73. The second kappa shape index (κ2) is 7.53. The molecule has 2 aromatic rings. The molecule has 20 heavy (non-hydrogen) atoms. The van der Waals surface area contributed by atoms with Crippen LogP contribution in [0, 0.1) is 0 Å². The molecule has 0 saturated carbocycles. The van der Waals surface area contributed by atoms with Gasteiger partial charge in [0, 0.05) is 29.5 Å². The van der Waals surface area contributed by atoms with Crippen molar-refractivity contribution in [2.45, 2.75) is 19.0 Å². The lowest BCUT2D eigenvalue weighted by atomic mass is 10.0. The molecular formula is C16H20BrN3. The Labute approximate surface area is 129 Å². The predicted molar refractivity (Wildman–Crippen MR) is 86.3 cm³/mol. The molecule has 1 unspecified atom stereocenters. The van der Waals surface area contributed by atoms with Crippen LogP contribution in [0.4, 0.5) is 0 Å². The quantitative estimate of drug-likeness (QED) is 0.881. The van der Waals surface area contributed by atoms with Gasteiger partial charge in [-0.1, -0.05) is 28.1 Å². The zero-order chi connectivity index (χ0) is 14.4. The standard InChI is InChI=1S/C16H20BrN3/c1-20(12-13-5-8-19-9-6-13)10-7-16(18)14-3-2-4-15(17)11-14/h2-6,8-9,11,16H,7,10,12,18H2,1H3. The molecule has 1 heterocycles. The highest BCUT2D eigenvalue weighted by atomic mass is 79.9. The first-order valence-corrected chi connectivity index (χ1v) is 7.53. The van der Waals surface area contributed by atoms with Crippen molar-refractivity contribution in [3.8, 4) is 0 Å². The molecule has 2 N–H and O–H groups in total. The molecular weight excluding hydrogens is 314 g/mol. The van der Waals surface area contributed by atoms with E-state index in [1.165, 1.54) is 11.1 Å². The van der Waals surface area contributed by atoms with E-state index in [9.17, 15) is 0 Å². The molecule has 1 atom stereocenters. The fraction of sp³-hybridized carbons (Fsp3) is 0.312. The zero-order valence-corrected chi connectivity index (χ0v) is 13.3. The van der Waals surface area contributed by atoms with Crippen molar-refractivity contribution in [3.63, 3.8) is 0 Å². The van der Waals surface area contributed by atoms with Crippen LogP contribution in [0.15, 0.2) is 53.3 Å². The van der Waals surface area contributed by atoms with E-state index in [0.717, 1.165) is 24.0 Å². The third-order valence-electron chi connectivity index (χ3n) is 3.30. The number of rotatable bonds is 6. The summed E-state index contributed by atoms with van der Waals surface area (Å²) in [5, 5.41) is 0. The number of halogens is 1. The largest absolute Gasteiger partial charge is 0.324 e. The van der Waals surface area contributed by atoms with Crippen LogP contribution in [-0.2, 0) is 6.54 Å². The van der Waals surface area contributed by atoms with Crippen molar-refractivity contribution in [2.24, 2.45) is 5.73 Å². The molecule has 4 heteroatoms. The monoisotopic (exact) mass is 333 g/mol. The molecule has 0 aliphatic heterocycles. The van der Waals surface area contributed by atoms with Gasteiger partial charge in [0.25, 0.3) is 0 Å². The number of hydrogen-bond acceptors (Lipinski definition) is 3. The minimum atomic E-state index is 0.0763. The summed E-state index contributed by atoms with van der Waals surface area (Å²) in [7, 11) is 2.12. The number of nitrogens with two attached hydrogens (primary N) is 1. The Morgan fingerprint density at radius 1 is 1.25 bits per heavy atom. The molecule has 106 valence electrons. The maximum atomic E-state index is 6.25. The van der Waals surface area contributed by atoms with Gasteiger partial charge in [-0.3, -0.25) is 4.98 Å². The van der Waals surface area contributed by atoms with Crippen LogP contribution in [-0.4, -0.2) is 23.5 Å². The number of aromatic nitrogens is 1. The van der Waals surface area contributed by atoms with E-state index in [-0.39, 0.29) is 6.04 Å². The van der Waals surface area contributed by atoms with E-state index in [4.69, 9.17) is 5.73 Å². The van der Waals surface area contributed by atoms with Crippen molar-refractivity contribution in [1.29, 1.82) is 0 Å². The highest BCUT2D eigenvalue weighted by Gasteiger charge is 2.08. The van der Waals surface area contributed by atoms with Crippen LogP contribution < -0.4 is 5.73 Å². The molecule has 3 nitrogen and oxygen atoms in total. The predicted octanol–water partition coefficient (Wildman–Crippen LogP) is 3.37. The molecule has 0 aliphatic rings. The maximum Gasteiger partial charge on any atom is 0.0307 e. The highest BCUT2D eigenvalue weighted by molar-refractivity contribution is 9.10. The number of pyridine rings is 1. The van der Waals surface area contributed by atoms with E-state index in [2.05, 4.69) is 45.0 Å². The summed E-state index contributed by atoms with van der Waals surface area (Å²) in [5.41, 5.74) is 8.70. The van der Waals surface area contributed by atoms with E-state index >= 15 is 0 Å². The van der Waals surface area contributed by atoms with Crippen molar-refractivity contribution < 1.29 is 0 Å². The average Bonchev–Trinajstić information content (AvgIpc) is 2.46. The molecule has 0 aliphatic carbocycles. The Bertz CT molecular complexity index is 530. The normalized spacial score (nSPS) is 12.6. The zero-order valence-electron chi connectivity index (χ0n) is 11.7. The van der Waals surface area contributed by atoms with Gasteiger partial charge in [-0.25, -0.2) is 0 Å². The summed E-state index contributed by atoms with van der Waals surface area (Å²) in [5.74, 6) is 0. The van der Waals surface area contributed by atoms with Crippen LogP contribution in [0.1, 0.15) is 23.6 Å². The summed E-state index contributed by atoms with van der Waals surface area (Å²) in [6, 6.07) is 12.4. The molecule has 0 spiro atoms. The molecule has 0 bridgehead atoms. The Balaban J connectivity index is 1.82. The van der Waals surface area contributed by atoms with E-state index in [1.54, 1.807) is 0 Å². The van der Waals surface area contributed by atoms with Crippen LogP contribution in [0.2, 0.25) is 0 Å². The fourth-order valence-electron chi connectivity index (χ4n) is 2.14. The van der Waals surface area contributed by atoms with Crippen LogP contribution in [0.25, 0.3) is 0 Å². The Kier molecular flexibility index (Phi) is 5.71. The lowest BCUT2D eigenvalue weighted by Crippen LogP contribution is -2.23. The van der Waals surface area contributed by atoms with Gasteiger partial charge in [-0.2, -0.15) is 0 Å². The smallest absolute Gasteiger partial charge is 0.0307 e.